The largest absolute Gasteiger partial charge is 0.508 e. The molecule has 0 unspecified atom stereocenters. The van der Waals surface area contributed by atoms with Crippen LogP contribution in [0.25, 0.3) is 10.9 Å². The Labute approximate surface area is 582 Å². The van der Waals surface area contributed by atoms with Gasteiger partial charge in [-0.3, -0.25) is 43.2 Å². The van der Waals surface area contributed by atoms with Crippen LogP contribution in [0.15, 0.2) is 103 Å². The number of halogens is 6. The van der Waals surface area contributed by atoms with Crippen molar-refractivity contribution >= 4 is 64.1 Å². The van der Waals surface area contributed by atoms with Crippen LogP contribution in [0.5, 0.6) is 5.75 Å². The summed E-state index contributed by atoms with van der Waals surface area (Å²) in [6, 6.07) is 10.6. The number of phenols is 1. The van der Waals surface area contributed by atoms with E-state index in [1.807, 2.05) is 6.92 Å². The number of benzene rings is 4. The number of fused-ring (bicyclic) bond motifs is 1. The van der Waals surface area contributed by atoms with Gasteiger partial charge < -0.3 is 93.2 Å². The summed E-state index contributed by atoms with van der Waals surface area (Å²) >= 11 is 0. The van der Waals surface area contributed by atoms with E-state index in [9.17, 15) is 95.0 Å². The fraction of sp³-hybridized carbons (Fsp3) is 0.493. The molecule has 9 amide bonds. The second-order valence-electron chi connectivity index (χ2n) is 25.7. The number of nitrogens with one attached hydrogen (secondary N) is 9. The summed E-state index contributed by atoms with van der Waals surface area (Å²) in [5.74, 6) is -8.42. The average molecular weight is 1440 g/mol. The number of nitrogens with two attached hydrogens (primary N) is 1. The van der Waals surface area contributed by atoms with Crippen LogP contribution < -0.4 is 48.3 Å². The first-order chi connectivity index (χ1) is 48.2. The van der Waals surface area contributed by atoms with Crippen molar-refractivity contribution in [3.63, 3.8) is 0 Å². The van der Waals surface area contributed by atoms with E-state index in [2.05, 4.69) is 47.5 Å². The zero-order valence-electron chi connectivity index (χ0n) is 56.3. The Balaban J connectivity index is 1.08. The highest BCUT2D eigenvalue weighted by molar-refractivity contribution is 5.98. The lowest BCUT2D eigenvalue weighted by Gasteiger charge is -2.40. The molecular formula is C69H87F6N11O16. The van der Waals surface area contributed by atoms with Crippen molar-refractivity contribution < 1.29 is 104 Å². The van der Waals surface area contributed by atoms with Crippen molar-refractivity contribution in [2.45, 2.75) is 183 Å². The monoisotopic (exact) mass is 1440 g/mol. The van der Waals surface area contributed by atoms with Crippen LogP contribution in [0.2, 0.25) is 0 Å². The maximum atomic E-state index is 14.8. The molecule has 33 heteroatoms. The minimum atomic E-state index is -5.24. The molecule has 2 fully saturated rings. The minimum absolute atomic E-state index is 0.00291. The molecule has 0 radical (unpaired) electrons. The number of aliphatic hydroxyl groups is 4. The number of phenolic OH excluding ortho intramolecular Hbond substituents is 1. The first-order valence-corrected chi connectivity index (χ1v) is 33.2. The van der Waals surface area contributed by atoms with Crippen molar-refractivity contribution in [1.82, 2.24) is 52.4 Å². The molecule has 13 atom stereocenters. The lowest BCUT2D eigenvalue weighted by Crippen LogP contribution is -2.62. The van der Waals surface area contributed by atoms with Gasteiger partial charge in [0.1, 0.15) is 72.5 Å². The fourth-order valence-electron chi connectivity index (χ4n) is 11.7. The number of alkyl halides is 6. The van der Waals surface area contributed by atoms with E-state index < -0.39 is 200 Å². The quantitative estimate of drug-likeness (QED) is 0.0266. The van der Waals surface area contributed by atoms with E-state index in [1.54, 1.807) is 80.6 Å². The first-order valence-electron chi connectivity index (χ1n) is 33.2. The zero-order chi connectivity index (χ0) is 74.8. The van der Waals surface area contributed by atoms with Crippen molar-refractivity contribution in [3.8, 4) is 5.75 Å². The predicted octanol–water partition coefficient (Wildman–Crippen LogP) is 1.67. The number of likely N-dealkylation sites (tertiary alicyclic amines) is 1. The Morgan fingerprint density at radius 1 is 0.657 bits per heavy atom. The second-order valence-corrected chi connectivity index (χ2v) is 25.7. The van der Waals surface area contributed by atoms with Gasteiger partial charge in [0.25, 0.3) is 0 Å². The lowest BCUT2D eigenvalue weighted by atomic mass is 9.99. The highest BCUT2D eigenvalue weighted by atomic mass is 19.4. The van der Waals surface area contributed by atoms with Crippen molar-refractivity contribution in [3.05, 3.63) is 137 Å². The summed E-state index contributed by atoms with van der Waals surface area (Å²) in [6.45, 7) is 3.12. The van der Waals surface area contributed by atoms with Crippen LogP contribution in [0.4, 0.5) is 26.3 Å². The minimum Gasteiger partial charge on any atom is -0.508 e. The van der Waals surface area contributed by atoms with Crippen molar-refractivity contribution in [2.24, 2.45) is 11.7 Å². The summed E-state index contributed by atoms with van der Waals surface area (Å²) in [4.78, 5) is 132. The second kappa shape index (κ2) is 36.6. The van der Waals surface area contributed by atoms with E-state index >= 15 is 0 Å². The van der Waals surface area contributed by atoms with Gasteiger partial charge in [0.15, 0.2) is 6.29 Å². The molecule has 5 aromatic rings. The van der Waals surface area contributed by atoms with Crippen molar-refractivity contribution in [1.29, 1.82) is 0 Å². The van der Waals surface area contributed by atoms with E-state index in [1.165, 1.54) is 30.2 Å². The van der Waals surface area contributed by atoms with Crippen LogP contribution >= 0.6 is 0 Å². The van der Waals surface area contributed by atoms with Gasteiger partial charge in [-0.25, -0.2) is 0 Å². The molecule has 1 aromatic heterocycles. The fourth-order valence-corrected chi connectivity index (χ4v) is 11.7. The Morgan fingerprint density at radius 2 is 1.26 bits per heavy atom. The number of unbranched alkanes of at least 4 members (excludes halogenated alkanes) is 1. The van der Waals surface area contributed by atoms with E-state index in [4.69, 9.17) is 15.2 Å². The maximum Gasteiger partial charge on any atom is 0.416 e. The Bertz CT molecular complexity index is 3670. The van der Waals surface area contributed by atoms with E-state index in [0.29, 0.717) is 52.6 Å². The molecule has 16 N–H and O–H groups in total. The van der Waals surface area contributed by atoms with Crippen LogP contribution in [-0.2, 0) is 90.8 Å². The summed E-state index contributed by atoms with van der Waals surface area (Å²) in [7, 11) is 0. The number of carbonyl (C=O) groups excluding carboxylic acids is 9. The topological polar surface area (TPSA) is 415 Å². The number of carbonyl (C=O) groups is 9. The number of ether oxygens (including phenoxy) is 2. The molecule has 0 aliphatic carbocycles. The zero-order valence-corrected chi connectivity index (χ0v) is 56.3. The van der Waals surface area contributed by atoms with Gasteiger partial charge in [-0.2, -0.15) is 26.3 Å². The Morgan fingerprint density at radius 3 is 1.91 bits per heavy atom. The van der Waals surface area contributed by atoms with Crippen molar-refractivity contribution in [2.75, 3.05) is 26.3 Å². The molecule has 27 nitrogen and oxygen atoms in total. The third-order valence-corrected chi connectivity index (χ3v) is 17.2. The predicted molar refractivity (Wildman–Crippen MR) is 354 cm³/mol. The molecule has 7 rings (SSSR count). The summed E-state index contributed by atoms with van der Waals surface area (Å²) in [6.07, 6.45) is -17.6. The number of aromatic hydroxyl groups is 1. The molecule has 2 aliphatic heterocycles. The highest BCUT2D eigenvalue weighted by Crippen LogP contribution is 2.37. The molecule has 0 saturated carbocycles. The lowest BCUT2D eigenvalue weighted by molar-refractivity contribution is -0.301. The summed E-state index contributed by atoms with van der Waals surface area (Å²) in [5.41, 5.74) is 4.31. The average Bonchev–Trinajstić information content (AvgIpc) is 0.839. The van der Waals surface area contributed by atoms with E-state index in [-0.39, 0.29) is 56.9 Å². The number of nitrogens with zero attached hydrogens (tertiary/aromatic N) is 1. The maximum absolute atomic E-state index is 14.8. The van der Waals surface area contributed by atoms with Crippen LogP contribution in [0.1, 0.15) is 99.6 Å². The molecule has 2 aliphatic rings. The number of aromatic nitrogens is 1. The first kappa shape index (κ1) is 80.1. The molecule has 2 saturated heterocycles. The standard InChI is InChI=1S/C69H87F6N11O16/c1-5-6-16-48(82-63(97)50(28-38-13-8-7-9-14-38)81-55(89)33-79-59(93)37(4)80-60(94)46(76)27-39-19-21-44(88)22-20-39)66(100)86-23-12-18-53(86)65(99)84-49(24-36(2)3)62(96)85-52(35-101-67-58(92)57(91)56(90)54(34-87)102-67)64(98)83-51(29-41-32-77-47-17-11-10-15-45(41)47)61(95)78-31-40-25-42(68(70,71)72)30-43(26-40)69(73,74)75/h7-11,13-15,17,19-22,25-26,30,32,36-37,46,48-54,56-58,67,77,87-88,90-92H,5-6,12,16,18,23-24,27-29,31,33-35,76H2,1-4H3,(H,78,95)(H,79,93)(H,80,94)(H,81,89)(H,82,97)(H,83,98)(H,84,99)(H,85,96)/t37-,46+,48+,49+,50+,51+,52+,53+,54-,56-,57+,58-,67-/m1/s1. The normalized spacial score (nSPS) is 19.8. The molecule has 3 heterocycles. The molecule has 0 spiro atoms. The van der Waals surface area contributed by atoms with Crippen LogP contribution in [0.3, 0.4) is 0 Å². The third kappa shape index (κ3) is 22.6. The van der Waals surface area contributed by atoms with Gasteiger partial charge in [-0.05, 0) is 104 Å². The van der Waals surface area contributed by atoms with Gasteiger partial charge in [0.05, 0.1) is 36.9 Å². The van der Waals surface area contributed by atoms with E-state index in [0.717, 1.165) is 0 Å². The number of hydrogen-bond acceptors (Lipinski definition) is 17. The summed E-state index contributed by atoms with van der Waals surface area (Å²) < 4.78 is 94.6. The number of rotatable bonds is 33. The Hall–Kier alpha value is -9.25. The number of amides is 9. The van der Waals surface area contributed by atoms with Gasteiger partial charge in [-0.1, -0.05) is 94.3 Å². The number of aliphatic hydroxyl groups excluding tert-OH is 4. The number of hydrogen-bond donors (Lipinski definition) is 15. The number of aromatic amines is 1. The molecular weight excluding hydrogens is 1350 g/mol. The smallest absolute Gasteiger partial charge is 0.416 e. The molecule has 556 valence electrons. The highest BCUT2D eigenvalue weighted by Gasteiger charge is 2.46. The molecule has 4 aromatic carbocycles. The van der Waals surface area contributed by atoms with Gasteiger partial charge in [-0.15, -0.1) is 0 Å². The van der Waals surface area contributed by atoms with Gasteiger partial charge >= 0.3 is 12.4 Å². The van der Waals surface area contributed by atoms with Gasteiger partial charge in [0, 0.05) is 43.0 Å². The Kier molecular flexibility index (Phi) is 28.7. The molecule has 0 bridgehead atoms. The summed E-state index contributed by atoms with van der Waals surface area (Å²) in [5, 5.41) is 72.3. The van der Waals surface area contributed by atoms with Gasteiger partial charge in [0.2, 0.25) is 53.2 Å². The molecule has 102 heavy (non-hydrogen) atoms. The van der Waals surface area contributed by atoms with Crippen LogP contribution in [-0.4, -0.2) is 194 Å². The SMILES string of the molecule is CCCC[C@H](NC(=O)[C@H](Cc1ccccc1)NC(=O)CNC(=O)[C@@H](C)NC(=O)[C@@H](N)Cc1ccc(O)cc1)C(=O)N1CCC[C@H]1C(=O)N[C@@H](CC(C)C)C(=O)N[C@@H](CO[C@@H]1O[C@H](CO)[C@@H](O)[C@H](O)[C@H]1O)C(=O)N[C@@H](Cc1c[nH]c2ccccc12)C(=O)NCc1cc(C(F)(F)F)cc(C(F)(F)F)c1. The third-order valence-electron chi connectivity index (χ3n) is 17.2. The number of para-hydroxylation sites is 1. The van der Waals surface area contributed by atoms with Crippen LogP contribution in [0, 0.1) is 5.92 Å². The number of H-pyrrole nitrogens is 1.